The second kappa shape index (κ2) is 9.19. The number of anilines is 1. The quantitative estimate of drug-likeness (QED) is 0.258. The fourth-order valence-electron chi connectivity index (χ4n) is 2.93. The molecule has 0 spiro atoms. The highest BCUT2D eigenvalue weighted by Crippen LogP contribution is 2.24. The lowest BCUT2D eigenvalue weighted by Gasteiger charge is -2.12. The number of carbonyl (C=O) groups is 2. The minimum Gasteiger partial charge on any atom is -0.467 e. The van der Waals surface area contributed by atoms with E-state index in [9.17, 15) is 14.4 Å². The largest absolute Gasteiger partial charge is 0.467 e. The molecular weight excluding hydrogens is 438 g/mol. The maximum Gasteiger partial charge on any atom is 0.350 e. The molecule has 0 aliphatic carbocycles. The highest BCUT2D eigenvalue weighted by molar-refractivity contribution is 7.99. The molecule has 1 amide bonds. The molecule has 0 unspecified atom stereocenters. The number of ether oxygens (including phenoxy) is 1. The van der Waals surface area contributed by atoms with Crippen LogP contribution in [0, 0.1) is 0 Å². The van der Waals surface area contributed by atoms with Gasteiger partial charge in [0, 0.05) is 0 Å². The van der Waals surface area contributed by atoms with Crippen molar-refractivity contribution in [1.82, 2.24) is 9.55 Å². The summed E-state index contributed by atoms with van der Waals surface area (Å²) in [6.07, 6.45) is 1.54. The van der Waals surface area contributed by atoms with Gasteiger partial charge in [0.25, 0.3) is 5.56 Å². The smallest absolute Gasteiger partial charge is 0.350 e. The number of esters is 1. The van der Waals surface area contributed by atoms with Gasteiger partial charge in [-0.3, -0.25) is 14.2 Å². The summed E-state index contributed by atoms with van der Waals surface area (Å²) in [5.41, 5.74) is 0.731. The van der Waals surface area contributed by atoms with Crippen molar-refractivity contribution in [3.8, 4) is 0 Å². The van der Waals surface area contributed by atoms with Crippen molar-refractivity contribution in [3.05, 3.63) is 75.1 Å². The van der Waals surface area contributed by atoms with Gasteiger partial charge in [0.15, 0.2) is 5.16 Å². The van der Waals surface area contributed by atoms with Crippen LogP contribution in [-0.4, -0.2) is 34.3 Å². The number of aromatic nitrogens is 2. The first-order valence-corrected chi connectivity index (χ1v) is 11.0. The molecule has 4 aromatic rings. The van der Waals surface area contributed by atoms with E-state index in [0.29, 0.717) is 32.4 Å². The number of amides is 1. The third-order valence-electron chi connectivity index (χ3n) is 4.36. The molecule has 0 saturated carbocycles. The van der Waals surface area contributed by atoms with Gasteiger partial charge in [-0.1, -0.05) is 23.9 Å². The summed E-state index contributed by atoms with van der Waals surface area (Å²) in [6, 6.07) is 12.2. The van der Waals surface area contributed by atoms with Gasteiger partial charge in [-0.05, 0) is 35.7 Å². The summed E-state index contributed by atoms with van der Waals surface area (Å²) in [5, 5.41) is 5.29. The maximum atomic E-state index is 13.0. The summed E-state index contributed by atoms with van der Waals surface area (Å²) in [4.78, 5) is 42.2. The molecule has 4 rings (SSSR count). The van der Waals surface area contributed by atoms with Crippen molar-refractivity contribution in [1.29, 1.82) is 0 Å². The normalized spacial score (nSPS) is 10.9. The molecule has 1 aromatic carbocycles. The number of thiophene rings is 1. The second-order valence-electron chi connectivity index (χ2n) is 6.37. The van der Waals surface area contributed by atoms with Crippen LogP contribution in [0.2, 0.25) is 0 Å². The number of rotatable bonds is 7. The van der Waals surface area contributed by atoms with Gasteiger partial charge in [0.05, 0.1) is 42.3 Å². The number of hydrogen-bond donors (Lipinski definition) is 1. The standard InChI is InChI=1S/C21H17N3O5S2/c1-28-20(27)18-16(8-10-30-18)22-17(25)12-31-21-23-15-7-3-2-6-14(15)19(26)24(21)11-13-5-4-9-29-13/h2-10H,11-12H2,1H3,(H,22,25). The zero-order valence-corrected chi connectivity index (χ0v) is 18.0. The monoisotopic (exact) mass is 455 g/mol. The Bertz CT molecular complexity index is 1290. The minimum atomic E-state index is -0.513. The molecule has 0 aliphatic rings. The minimum absolute atomic E-state index is 0.000601. The van der Waals surface area contributed by atoms with E-state index in [1.807, 2.05) is 0 Å². The summed E-state index contributed by atoms with van der Waals surface area (Å²) in [7, 11) is 1.28. The molecule has 0 saturated heterocycles. The van der Waals surface area contributed by atoms with Crippen LogP contribution in [0.15, 0.2) is 68.5 Å². The topological polar surface area (TPSA) is 103 Å². The number of nitrogens with one attached hydrogen (secondary N) is 1. The molecule has 1 N–H and O–H groups in total. The van der Waals surface area contributed by atoms with Crippen LogP contribution in [0.25, 0.3) is 10.9 Å². The molecule has 158 valence electrons. The second-order valence-corrected chi connectivity index (χ2v) is 8.23. The van der Waals surface area contributed by atoms with Crippen molar-refractivity contribution in [2.24, 2.45) is 0 Å². The van der Waals surface area contributed by atoms with Crippen LogP contribution >= 0.6 is 23.1 Å². The summed E-state index contributed by atoms with van der Waals surface area (Å²) in [6.45, 7) is 0.199. The Morgan fingerprint density at radius 2 is 2.06 bits per heavy atom. The number of methoxy groups -OCH3 is 1. The number of para-hydroxylation sites is 1. The number of fused-ring (bicyclic) bond motifs is 1. The Morgan fingerprint density at radius 1 is 1.23 bits per heavy atom. The number of thioether (sulfide) groups is 1. The molecule has 0 fully saturated rings. The third kappa shape index (κ3) is 4.54. The molecule has 10 heteroatoms. The van der Waals surface area contributed by atoms with Crippen LogP contribution in [-0.2, 0) is 16.1 Å². The Morgan fingerprint density at radius 3 is 2.84 bits per heavy atom. The Balaban J connectivity index is 1.57. The lowest BCUT2D eigenvalue weighted by molar-refractivity contribution is -0.113. The number of nitrogens with zero attached hydrogens (tertiary/aromatic N) is 2. The van der Waals surface area contributed by atoms with Crippen LogP contribution in [0.4, 0.5) is 5.69 Å². The molecule has 0 aliphatic heterocycles. The van der Waals surface area contributed by atoms with E-state index in [-0.39, 0.29) is 23.8 Å². The van der Waals surface area contributed by atoms with Crippen LogP contribution in [0.1, 0.15) is 15.4 Å². The van der Waals surface area contributed by atoms with E-state index in [1.54, 1.807) is 47.8 Å². The Hall–Kier alpha value is -3.37. The zero-order valence-electron chi connectivity index (χ0n) is 16.4. The summed E-state index contributed by atoms with van der Waals surface area (Å²) < 4.78 is 11.6. The summed E-state index contributed by atoms with van der Waals surface area (Å²) in [5.74, 6) is -0.243. The Kier molecular flexibility index (Phi) is 6.19. The first kappa shape index (κ1) is 20.9. The van der Waals surface area contributed by atoms with E-state index in [0.717, 1.165) is 11.8 Å². The Labute approximate surface area is 184 Å². The molecular formula is C21H17N3O5S2. The molecule has 3 aromatic heterocycles. The fraction of sp³-hybridized carbons (Fsp3) is 0.143. The lowest BCUT2D eigenvalue weighted by Crippen LogP contribution is -2.24. The summed E-state index contributed by atoms with van der Waals surface area (Å²) >= 11 is 2.32. The van der Waals surface area contributed by atoms with Gasteiger partial charge >= 0.3 is 5.97 Å². The molecule has 31 heavy (non-hydrogen) atoms. The molecule has 8 nitrogen and oxygen atoms in total. The van der Waals surface area contributed by atoms with Gasteiger partial charge < -0.3 is 14.5 Å². The van der Waals surface area contributed by atoms with Crippen molar-refractivity contribution in [2.75, 3.05) is 18.2 Å². The zero-order chi connectivity index (χ0) is 21.8. The lowest BCUT2D eigenvalue weighted by atomic mass is 10.2. The van der Waals surface area contributed by atoms with Gasteiger partial charge in [-0.25, -0.2) is 9.78 Å². The fourth-order valence-corrected chi connectivity index (χ4v) is 4.49. The number of carbonyl (C=O) groups excluding carboxylic acids is 2. The predicted molar refractivity (Wildman–Crippen MR) is 119 cm³/mol. The van der Waals surface area contributed by atoms with Crippen molar-refractivity contribution in [3.63, 3.8) is 0 Å². The van der Waals surface area contributed by atoms with E-state index in [1.165, 1.54) is 29.3 Å². The highest BCUT2D eigenvalue weighted by Gasteiger charge is 2.18. The highest BCUT2D eigenvalue weighted by atomic mass is 32.2. The average Bonchev–Trinajstić information content (AvgIpc) is 3.46. The van der Waals surface area contributed by atoms with Crippen LogP contribution < -0.4 is 10.9 Å². The van der Waals surface area contributed by atoms with E-state index >= 15 is 0 Å². The molecule has 0 bridgehead atoms. The third-order valence-corrected chi connectivity index (χ3v) is 6.23. The van der Waals surface area contributed by atoms with E-state index in [2.05, 4.69) is 10.3 Å². The van der Waals surface area contributed by atoms with Gasteiger partial charge in [0.2, 0.25) is 5.91 Å². The molecule has 0 atom stereocenters. The van der Waals surface area contributed by atoms with Crippen LogP contribution in [0.3, 0.4) is 0 Å². The number of hydrogen-bond acceptors (Lipinski definition) is 8. The average molecular weight is 456 g/mol. The number of furan rings is 1. The van der Waals surface area contributed by atoms with Gasteiger partial charge in [0.1, 0.15) is 10.6 Å². The predicted octanol–water partition coefficient (Wildman–Crippen LogP) is 3.62. The molecule has 0 radical (unpaired) electrons. The van der Waals surface area contributed by atoms with E-state index in [4.69, 9.17) is 9.15 Å². The van der Waals surface area contributed by atoms with E-state index < -0.39 is 5.97 Å². The van der Waals surface area contributed by atoms with Gasteiger partial charge in [-0.2, -0.15) is 0 Å². The van der Waals surface area contributed by atoms with Gasteiger partial charge in [-0.15, -0.1) is 11.3 Å². The number of benzene rings is 1. The van der Waals surface area contributed by atoms with Crippen molar-refractivity contribution < 1.29 is 18.7 Å². The van der Waals surface area contributed by atoms with Crippen molar-refractivity contribution in [2.45, 2.75) is 11.7 Å². The SMILES string of the molecule is COC(=O)c1sccc1NC(=O)CSc1nc2ccccc2c(=O)n1Cc1ccco1. The maximum absolute atomic E-state index is 13.0. The van der Waals surface area contributed by atoms with Crippen LogP contribution in [0.5, 0.6) is 0 Å². The molecule has 3 heterocycles. The van der Waals surface area contributed by atoms with Crippen molar-refractivity contribution >= 4 is 51.6 Å². The first-order chi connectivity index (χ1) is 15.1. The first-order valence-electron chi connectivity index (χ1n) is 9.17.